The van der Waals surface area contributed by atoms with Crippen molar-refractivity contribution in [2.75, 3.05) is 45.7 Å². The Bertz CT molecular complexity index is 919. The van der Waals surface area contributed by atoms with E-state index in [1.165, 1.54) is 24.0 Å². The summed E-state index contributed by atoms with van der Waals surface area (Å²) in [4.78, 5) is 29.7. The zero-order chi connectivity index (χ0) is 28.5. The van der Waals surface area contributed by atoms with Crippen LogP contribution in [-0.4, -0.2) is 67.9 Å². The van der Waals surface area contributed by atoms with E-state index < -0.39 is 0 Å². The molecule has 1 fully saturated rings. The zero-order valence-corrected chi connectivity index (χ0v) is 24.5. The van der Waals surface area contributed by atoms with Crippen LogP contribution in [0.25, 0.3) is 0 Å². The largest absolute Gasteiger partial charge is 0.395 e. The molecular weight excluding hydrogens is 478 g/mol. The average Bonchev–Trinajstić information content (AvgIpc) is 2.87. The van der Waals surface area contributed by atoms with Gasteiger partial charge in [-0.15, -0.1) is 0 Å². The van der Waals surface area contributed by atoms with Gasteiger partial charge in [-0.05, 0) is 95.3 Å². The lowest BCUT2D eigenvalue weighted by atomic mass is 9.80. The molecule has 1 aromatic rings. The van der Waals surface area contributed by atoms with Crippen LogP contribution in [0.2, 0.25) is 0 Å². The highest BCUT2D eigenvalue weighted by Gasteiger charge is 2.25. The van der Waals surface area contributed by atoms with Crippen molar-refractivity contribution in [2.45, 2.75) is 72.6 Å². The SMILES string of the molecule is CCCC1CCC(C(=O)N=C(N)/C=C\NCCO)CC1.CCc1c(C)cc(NCCN(C)C)cc1C(C)=O. The fraction of sp³-hybridized carbons (Fsp3) is 0.633. The number of anilines is 1. The number of nitrogens with zero attached hydrogens (tertiary/aromatic N) is 2. The maximum absolute atomic E-state index is 12.0. The van der Waals surface area contributed by atoms with E-state index in [4.69, 9.17) is 10.8 Å². The molecule has 0 bridgehead atoms. The molecule has 8 nitrogen and oxygen atoms in total. The number of aliphatic hydroxyl groups is 1. The molecule has 2 rings (SSSR count). The Morgan fingerprint density at radius 1 is 1.16 bits per heavy atom. The van der Waals surface area contributed by atoms with Gasteiger partial charge in [-0.25, -0.2) is 0 Å². The molecule has 0 heterocycles. The molecule has 0 aromatic heterocycles. The van der Waals surface area contributed by atoms with Gasteiger partial charge >= 0.3 is 0 Å². The molecule has 214 valence electrons. The minimum absolute atomic E-state index is 0.0421. The van der Waals surface area contributed by atoms with Crippen LogP contribution in [0.15, 0.2) is 29.4 Å². The Labute approximate surface area is 230 Å². The van der Waals surface area contributed by atoms with E-state index in [0.29, 0.717) is 6.54 Å². The van der Waals surface area contributed by atoms with Crippen LogP contribution in [0.3, 0.4) is 0 Å². The van der Waals surface area contributed by atoms with Crippen LogP contribution in [0, 0.1) is 18.8 Å². The first-order valence-electron chi connectivity index (χ1n) is 14.0. The number of nitrogens with two attached hydrogens (primary N) is 1. The van der Waals surface area contributed by atoms with Crippen LogP contribution in [-0.2, 0) is 11.2 Å². The number of hydrogen-bond donors (Lipinski definition) is 4. The lowest BCUT2D eigenvalue weighted by molar-refractivity contribution is -0.122. The van der Waals surface area contributed by atoms with Crippen molar-refractivity contribution in [2.24, 2.45) is 22.6 Å². The van der Waals surface area contributed by atoms with Crippen LogP contribution >= 0.6 is 0 Å². The smallest absolute Gasteiger partial charge is 0.250 e. The van der Waals surface area contributed by atoms with Gasteiger partial charge in [-0.2, -0.15) is 4.99 Å². The third kappa shape index (κ3) is 12.7. The lowest BCUT2D eigenvalue weighted by Crippen LogP contribution is -2.23. The number of carbonyl (C=O) groups is 2. The summed E-state index contributed by atoms with van der Waals surface area (Å²) in [5.74, 6) is 1.10. The summed E-state index contributed by atoms with van der Waals surface area (Å²) in [6, 6.07) is 4.10. The van der Waals surface area contributed by atoms with Gasteiger partial charge in [0.15, 0.2) is 5.78 Å². The predicted molar refractivity (Wildman–Crippen MR) is 159 cm³/mol. The van der Waals surface area contributed by atoms with Crippen molar-refractivity contribution in [3.8, 4) is 0 Å². The monoisotopic (exact) mass is 529 g/mol. The highest BCUT2D eigenvalue weighted by molar-refractivity contribution is 6.00. The van der Waals surface area contributed by atoms with E-state index in [1.807, 2.05) is 20.2 Å². The molecule has 1 aliphatic carbocycles. The number of likely N-dealkylation sites (N-methyl/N-ethyl adjacent to an activating group) is 1. The second kappa shape index (κ2) is 18.5. The number of benzene rings is 1. The lowest BCUT2D eigenvalue weighted by Gasteiger charge is -2.26. The molecule has 5 N–H and O–H groups in total. The van der Waals surface area contributed by atoms with Gasteiger partial charge in [-0.3, -0.25) is 9.59 Å². The number of ketones is 1. The minimum Gasteiger partial charge on any atom is -0.395 e. The van der Waals surface area contributed by atoms with Crippen LogP contribution in [0.1, 0.15) is 80.8 Å². The fourth-order valence-electron chi connectivity index (χ4n) is 4.78. The second-order valence-electron chi connectivity index (χ2n) is 10.4. The van der Waals surface area contributed by atoms with Crippen molar-refractivity contribution < 1.29 is 14.7 Å². The summed E-state index contributed by atoms with van der Waals surface area (Å²) < 4.78 is 0. The molecule has 1 saturated carbocycles. The second-order valence-corrected chi connectivity index (χ2v) is 10.4. The standard InChI is InChI=1S/C15H27N3O2.C15H24N2O/c1-2-3-12-4-6-13(7-5-12)15(20)18-14(16)8-9-17-10-11-19;1-6-14-11(2)9-13(10-15(14)12(3)18)16-7-8-17(4)5/h8-9,12-13,17,19H,2-7,10-11H2,1H3,(H2,16,18,20);9-10,16H,6-8H2,1-5H3/b9-8-;. The first kappa shape index (κ1) is 33.3. The van der Waals surface area contributed by atoms with E-state index in [-0.39, 0.29) is 30.1 Å². The number of carbonyl (C=O) groups excluding carboxylic acids is 2. The van der Waals surface area contributed by atoms with Gasteiger partial charge in [0, 0.05) is 43.0 Å². The van der Waals surface area contributed by atoms with E-state index in [0.717, 1.165) is 62.4 Å². The first-order valence-corrected chi connectivity index (χ1v) is 14.0. The normalized spacial score (nSPS) is 17.7. The topological polar surface area (TPSA) is 120 Å². The molecule has 0 spiro atoms. The van der Waals surface area contributed by atoms with Gasteiger partial charge in [-0.1, -0.05) is 26.7 Å². The zero-order valence-electron chi connectivity index (χ0n) is 24.5. The molecule has 0 unspecified atom stereocenters. The van der Waals surface area contributed by atoms with E-state index in [2.05, 4.69) is 47.4 Å². The molecule has 1 aromatic carbocycles. The molecule has 1 amide bonds. The molecule has 38 heavy (non-hydrogen) atoms. The molecular formula is C30H51N5O3. The Morgan fingerprint density at radius 2 is 1.84 bits per heavy atom. The van der Waals surface area contributed by atoms with Gasteiger partial charge in [0.25, 0.3) is 5.91 Å². The number of amidine groups is 1. The van der Waals surface area contributed by atoms with Gasteiger partial charge in [0.2, 0.25) is 0 Å². The number of amides is 1. The maximum atomic E-state index is 12.0. The molecule has 0 aliphatic heterocycles. The first-order chi connectivity index (χ1) is 18.1. The van der Waals surface area contributed by atoms with Crippen molar-refractivity contribution in [1.82, 2.24) is 10.2 Å². The van der Waals surface area contributed by atoms with Gasteiger partial charge in [0.1, 0.15) is 5.84 Å². The van der Waals surface area contributed by atoms with Gasteiger partial charge < -0.3 is 26.4 Å². The molecule has 0 radical (unpaired) electrons. The molecule has 1 aliphatic rings. The summed E-state index contributed by atoms with van der Waals surface area (Å²) in [6.07, 6.45) is 10.7. The Balaban J connectivity index is 0.000000382. The number of nitrogens with one attached hydrogen (secondary N) is 2. The third-order valence-corrected chi connectivity index (χ3v) is 6.85. The van der Waals surface area contributed by atoms with Crippen molar-refractivity contribution >= 4 is 23.2 Å². The summed E-state index contributed by atoms with van der Waals surface area (Å²) >= 11 is 0. The summed E-state index contributed by atoms with van der Waals surface area (Å²) in [5.41, 5.74) is 9.93. The summed E-state index contributed by atoms with van der Waals surface area (Å²) in [6.45, 7) is 10.4. The Morgan fingerprint density at radius 3 is 2.39 bits per heavy atom. The van der Waals surface area contributed by atoms with Crippen molar-refractivity contribution in [3.05, 3.63) is 41.1 Å². The van der Waals surface area contributed by atoms with E-state index >= 15 is 0 Å². The Kier molecular flexibility index (Phi) is 16.2. The number of hydrogen-bond acceptors (Lipinski definition) is 6. The fourth-order valence-corrected chi connectivity index (χ4v) is 4.78. The number of aliphatic hydroxyl groups excluding tert-OH is 1. The maximum Gasteiger partial charge on any atom is 0.250 e. The van der Waals surface area contributed by atoms with Crippen LogP contribution in [0.5, 0.6) is 0 Å². The summed E-state index contributed by atoms with van der Waals surface area (Å²) in [5, 5.41) is 14.8. The highest BCUT2D eigenvalue weighted by Crippen LogP contribution is 2.32. The average molecular weight is 530 g/mol. The molecule has 8 heteroatoms. The van der Waals surface area contributed by atoms with Crippen LogP contribution in [0.4, 0.5) is 5.69 Å². The number of aryl methyl sites for hydroxylation is 1. The van der Waals surface area contributed by atoms with Gasteiger partial charge in [0.05, 0.1) is 6.61 Å². The number of Topliss-reactive ketones (excluding diaryl/α,β-unsaturated/α-hetero) is 1. The number of rotatable bonds is 13. The van der Waals surface area contributed by atoms with Crippen molar-refractivity contribution in [3.63, 3.8) is 0 Å². The third-order valence-electron chi connectivity index (χ3n) is 6.85. The predicted octanol–water partition coefficient (Wildman–Crippen LogP) is 4.31. The Hall–Kier alpha value is -2.71. The quantitative estimate of drug-likeness (QED) is 0.130. The van der Waals surface area contributed by atoms with Crippen molar-refractivity contribution in [1.29, 1.82) is 0 Å². The van der Waals surface area contributed by atoms with Crippen LogP contribution < -0.4 is 16.4 Å². The number of aliphatic imine (C=N–C) groups is 1. The molecule has 0 atom stereocenters. The molecule has 0 saturated heterocycles. The minimum atomic E-state index is -0.0933. The highest BCUT2D eigenvalue weighted by atomic mass is 16.3. The summed E-state index contributed by atoms with van der Waals surface area (Å²) in [7, 11) is 4.10. The van der Waals surface area contributed by atoms with E-state index in [9.17, 15) is 9.59 Å². The van der Waals surface area contributed by atoms with E-state index in [1.54, 1.807) is 19.2 Å².